The highest BCUT2D eigenvalue weighted by Gasteiger charge is 2.33. The number of aromatic nitrogens is 1. The lowest BCUT2D eigenvalue weighted by molar-refractivity contribution is 0.0202. The summed E-state index contributed by atoms with van der Waals surface area (Å²) in [5, 5.41) is 1.00. The highest BCUT2D eigenvalue weighted by Crippen LogP contribution is 2.37. The van der Waals surface area contributed by atoms with Crippen molar-refractivity contribution in [3.05, 3.63) is 47.2 Å². The summed E-state index contributed by atoms with van der Waals surface area (Å²) in [7, 11) is 0. The van der Waals surface area contributed by atoms with E-state index < -0.39 is 17.3 Å². The van der Waals surface area contributed by atoms with E-state index in [-0.39, 0.29) is 12.1 Å². The second kappa shape index (κ2) is 8.06. The molecule has 0 unspecified atom stereocenters. The van der Waals surface area contributed by atoms with Crippen molar-refractivity contribution in [1.82, 2.24) is 9.47 Å². The number of ether oxygens (including phenoxy) is 2. The van der Waals surface area contributed by atoms with E-state index >= 15 is 0 Å². The summed E-state index contributed by atoms with van der Waals surface area (Å²) >= 11 is 0. The molecular formula is C25H34N2O4. The molecule has 168 valence electrons. The van der Waals surface area contributed by atoms with Crippen LogP contribution in [0.3, 0.4) is 0 Å². The van der Waals surface area contributed by atoms with Gasteiger partial charge in [0.2, 0.25) is 0 Å². The molecule has 0 saturated carbocycles. The van der Waals surface area contributed by atoms with Crippen LogP contribution >= 0.6 is 0 Å². The number of allylic oxidation sites excluding steroid dienone is 1. The molecule has 0 fully saturated rings. The fourth-order valence-corrected chi connectivity index (χ4v) is 3.87. The first kappa shape index (κ1) is 22.9. The van der Waals surface area contributed by atoms with Crippen molar-refractivity contribution in [2.75, 3.05) is 6.54 Å². The molecule has 1 aliphatic rings. The highest BCUT2D eigenvalue weighted by molar-refractivity contribution is 5.95. The molecule has 2 heterocycles. The Morgan fingerprint density at radius 1 is 1.00 bits per heavy atom. The normalized spacial score (nSPS) is 16.6. The molecule has 1 amide bonds. The van der Waals surface area contributed by atoms with E-state index in [1.807, 2.05) is 79.8 Å². The lowest BCUT2D eigenvalue weighted by Crippen LogP contribution is -2.39. The van der Waals surface area contributed by atoms with E-state index in [1.54, 1.807) is 9.47 Å². The number of hydrogen-bond acceptors (Lipinski definition) is 4. The first-order chi connectivity index (χ1) is 14.3. The van der Waals surface area contributed by atoms with Crippen molar-refractivity contribution in [3.63, 3.8) is 0 Å². The molecule has 1 atom stereocenters. The maximum Gasteiger partial charge on any atom is 0.419 e. The molecule has 2 aromatic rings. The van der Waals surface area contributed by atoms with Crippen molar-refractivity contribution in [2.24, 2.45) is 0 Å². The zero-order chi connectivity index (χ0) is 23.1. The number of benzene rings is 1. The van der Waals surface area contributed by atoms with Crippen LogP contribution in [0.25, 0.3) is 10.9 Å². The first-order valence-corrected chi connectivity index (χ1v) is 10.8. The summed E-state index contributed by atoms with van der Waals surface area (Å²) in [5.41, 5.74) is 2.74. The quantitative estimate of drug-likeness (QED) is 0.508. The molecule has 3 rings (SSSR count). The van der Waals surface area contributed by atoms with Crippen LogP contribution in [0.2, 0.25) is 0 Å². The zero-order valence-electron chi connectivity index (χ0n) is 19.9. The summed E-state index contributed by atoms with van der Waals surface area (Å²) < 4.78 is 12.9. The van der Waals surface area contributed by atoms with Crippen molar-refractivity contribution < 1.29 is 19.1 Å². The van der Waals surface area contributed by atoms with Gasteiger partial charge >= 0.3 is 12.2 Å². The lowest BCUT2D eigenvalue weighted by Gasteiger charge is -2.32. The largest absolute Gasteiger partial charge is 0.444 e. The van der Waals surface area contributed by atoms with Crippen LogP contribution in [0, 0.1) is 0 Å². The van der Waals surface area contributed by atoms with Crippen molar-refractivity contribution in [3.8, 4) is 0 Å². The predicted molar refractivity (Wildman–Crippen MR) is 122 cm³/mol. The summed E-state index contributed by atoms with van der Waals surface area (Å²) in [6.07, 6.45) is 3.82. The van der Waals surface area contributed by atoms with Crippen LogP contribution in [-0.4, -0.2) is 39.4 Å². The Morgan fingerprint density at radius 3 is 2.19 bits per heavy atom. The van der Waals surface area contributed by atoms with E-state index in [1.165, 1.54) is 0 Å². The zero-order valence-corrected chi connectivity index (χ0v) is 19.9. The molecule has 0 saturated heterocycles. The van der Waals surface area contributed by atoms with Gasteiger partial charge < -0.3 is 9.47 Å². The van der Waals surface area contributed by atoms with Crippen LogP contribution in [0.4, 0.5) is 9.59 Å². The van der Waals surface area contributed by atoms with Gasteiger partial charge in [0.15, 0.2) is 0 Å². The fourth-order valence-electron chi connectivity index (χ4n) is 3.87. The smallest absolute Gasteiger partial charge is 0.419 e. The van der Waals surface area contributed by atoms with E-state index in [2.05, 4.69) is 6.08 Å². The third kappa shape index (κ3) is 5.12. The van der Waals surface area contributed by atoms with Crippen molar-refractivity contribution >= 4 is 23.1 Å². The van der Waals surface area contributed by atoms with Gasteiger partial charge in [-0.05, 0) is 79.0 Å². The molecule has 0 radical (unpaired) electrons. The van der Waals surface area contributed by atoms with E-state index in [0.29, 0.717) is 13.0 Å². The minimum Gasteiger partial charge on any atom is -0.444 e. The van der Waals surface area contributed by atoms with Crippen molar-refractivity contribution in [2.45, 2.75) is 79.1 Å². The van der Waals surface area contributed by atoms with E-state index in [0.717, 1.165) is 27.6 Å². The SMILES string of the molecule is CC(C)=C[C@H]1c2cccc3c2c(cn3C(=O)OC(C)(C)C)CCN1C(=O)OC(C)(C)C. The number of nitrogens with zero attached hydrogens (tertiary/aromatic N) is 2. The summed E-state index contributed by atoms with van der Waals surface area (Å²) in [6, 6.07) is 5.60. The van der Waals surface area contributed by atoms with Gasteiger partial charge in [-0.3, -0.25) is 9.47 Å². The number of carbonyl (C=O) groups excluding carboxylic acids is 2. The molecule has 1 aromatic carbocycles. The van der Waals surface area contributed by atoms with Gasteiger partial charge in [0.05, 0.1) is 11.6 Å². The molecule has 1 aromatic heterocycles. The minimum absolute atomic E-state index is 0.278. The Kier molecular flexibility index (Phi) is 5.96. The Bertz CT molecular complexity index is 1030. The second-order valence-corrected chi connectivity index (χ2v) is 10.4. The van der Waals surface area contributed by atoms with Crippen LogP contribution in [0.15, 0.2) is 36.0 Å². The molecule has 0 spiro atoms. The van der Waals surface area contributed by atoms with E-state index in [9.17, 15) is 9.59 Å². The molecule has 6 nitrogen and oxygen atoms in total. The van der Waals surface area contributed by atoms with Crippen LogP contribution in [0.5, 0.6) is 0 Å². The molecule has 1 aliphatic heterocycles. The maximum absolute atomic E-state index is 13.1. The number of hydrogen-bond donors (Lipinski definition) is 0. The molecule has 0 bridgehead atoms. The van der Waals surface area contributed by atoms with Gasteiger partial charge in [-0.25, -0.2) is 9.59 Å². The van der Waals surface area contributed by atoms with Crippen LogP contribution in [-0.2, 0) is 15.9 Å². The van der Waals surface area contributed by atoms with E-state index in [4.69, 9.17) is 9.47 Å². The molecule has 0 aliphatic carbocycles. The second-order valence-electron chi connectivity index (χ2n) is 10.4. The summed E-state index contributed by atoms with van der Waals surface area (Å²) in [6.45, 7) is 15.7. The average molecular weight is 427 g/mol. The van der Waals surface area contributed by atoms with Crippen molar-refractivity contribution in [1.29, 1.82) is 0 Å². The molecule has 0 N–H and O–H groups in total. The number of amides is 1. The predicted octanol–water partition coefficient (Wildman–Crippen LogP) is 6.23. The fraction of sp³-hybridized carbons (Fsp3) is 0.520. The third-order valence-corrected chi connectivity index (χ3v) is 4.93. The van der Waals surface area contributed by atoms with Gasteiger partial charge in [0, 0.05) is 18.1 Å². The average Bonchev–Trinajstić information content (AvgIpc) is 2.89. The lowest BCUT2D eigenvalue weighted by atomic mass is 9.98. The highest BCUT2D eigenvalue weighted by atomic mass is 16.6. The van der Waals surface area contributed by atoms with Gasteiger partial charge in [0.1, 0.15) is 11.2 Å². The number of rotatable bonds is 1. The molecule has 31 heavy (non-hydrogen) atoms. The van der Waals surface area contributed by atoms with Gasteiger partial charge in [-0.15, -0.1) is 0 Å². The minimum atomic E-state index is -0.583. The van der Waals surface area contributed by atoms with Gasteiger partial charge in [-0.1, -0.05) is 23.8 Å². The number of carbonyl (C=O) groups is 2. The standard InChI is InChI=1S/C25H34N2O4/c1-16(2)14-20-18-10-9-11-19-21(18)17(15-27(19)23(29)31-25(6,7)8)12-13-26(20)22(28)30-24(3,4)5/h9-11,14-15,20H,12-13H2,1-8H3/t20-/m0/s1. The maximum atomic E-state index is 13.1. The Balaban J connectivity index is 2.13. The summed E-state index contributed by atoms with van der Waals surface area (Å²) in [4.78, 5) is 27.7. The van der Waals surface area contributed by atoms with Gasteiger partial charge in [0.25, 0.3) is 0 Å². The monoisotopic (exact) mass is 426 g/mol. The van der Waals surface area contributed by atoms with Crippen LogP contribution in [0.1, 0.15) is 72.6 Å². The molecule has 6 heteroatoms. The first-order valence-electron chi connectivity index (χ1n) is 10.8. The summed E-state index contributed by atoms with van der Waals surface area (Å²) in [5.74, 6) is 0. The Labute approximate surface area is 184 Å². The Hall–Kier alpha value is -2.76. The molecular weight excluding hydrogens is 392 g/mol. The topological polar surface area (TPSA) is 60.8 Å². The van der Waals surface area contributed by atoms with Gasteiger partial charge in [-0.2, -0.15) is 0 Å². The Morgan fingerprint density at radius 2 is 1.61 bits per heavy atom. The third-order valence-electron chi connectivity index (χ3n) is 4.93. The van der Waals surface area contributed by atoms with Crippen LogP contribution < -0.4 is 0 Å².